The predicted octanol–water partition coefficient (Wildman–Crippen LogP) is 2.96. The van der Waals surface area contributed by atoms with Gasteiger partial charge in [0.2, 0.25) is 0 Å². The second kappa shape index (κ2) is 6.91. The highest BCUT2D eigenvalue weighted by atomic mass is 15.1. The van der Waals surface area contributed by atoms with Crippen molar-refractivity contribution in [3.8, 4) is 0 Å². The van der Waals surface area contributed by atoms with E-state index in [2.05, 4.69) is 48.5 Å². The second-order valence-electron chi connectivity index (χ2n) is 5.60. The van der Waals surface area contributed by atoms with Gasteiger partial charge in [-0.3, -0.25) is 0 Å². The number of nitrogens with one attached hydrogen (secondary N) is 1. The van der Waals surface area contributed by atoms with Crippen molar-refractivity contribution in [3.05, 3.63) is 35.4 Å². The number of benzene rings is 1. The minimum Gasteiger partial charge on any atom is -0.314 e. The van der Waals surface area contributed by atoms with Crippen LogP contribution in [0.5, 0.6) is 0 Å². The van der Waals surface area contributed by atoms with Gasteiger partial charge in [0.15, 0.2) is 0 Å². The summed E-state index contributed by atoms with van der Waals surface area (Å²) in [6, 6.07) is 9.44. The molecule has 0 bridgehead atoms. The van der Waals surface area contributed by atoms with E-state index in [9.17, 15) is 0 Å². The van der Waals surface area contributed by atoms with Crippen molar-refractivity contribution >= 4 is 0 Å². The molecular weight excluding hydrogens is 220 g/mol. The molecule has 1 aliphatic heterocycles. The van der Waals surface area contributed by atoms with Crippen LogP contribution in [0.2, 0.25) is 0 Å². The summed E-state index contributed by atoms with van der Waals surface area (Å²) in [6.45, 7) is 5.67. The molecule has 1 aromatic rings. The Hall–Kier alpha value is -0.860. The highest BCUT2D eigenvalue weighted by molar-refractivity contribution is 5.25. The van der Waals surface area contributed by atoms with Gasteiger partial charge in [-0.1, -0.05) is 30.7 Å². The molecule has 1 N–H and O–H groups in total. The van der Waals surface area contributed by atoms with E-state index in [4.69, 9.17) is 0 Å². The Morgan fingerprint density at radius 2 is 2.11 bits per heavy atom. The molecule has 1 aromatic carbocycles. The molecule has 0 aliphatic carbocycles. The molecule has 0 aromatic heterocycles. The third-order valence-corrected chi connectivity index (χ3v) is 3.97. The summed E-state index contributed by atoms with van der Waals surface area (Å²) >= 11 is 0. The third kappa shape index (κ3) is 4.11. The zero-order valence-electron chi connectivity index (χ0n) is 11.8. The maximum Gasteiger partial charge on any atom is 0.0233 e. The van der Waals surface area contributed by atoms with E-state index in [1.807, 2.05) is 0 Å². The first kappa shape index (κ1) is 13.6. The van der Waals surface area contributed by atoms with Crippen LogP contribution in [-0.4, -0.2) is 31.1 Å². The predicted molar refractivity (Wildman–Crippen MR) is 77.8 cm³/mol. The van der Waals surface area contributed by atoms with Crippen molar-refractivity contribution in [1.29, 1.82) is 0 Å². The van der Waals surface area contributed by atoms with Gasteiger partial charge in [-0.2, -0.15) is 0 Å². The molecule has 0 amide bonds. The summed E-state index contributed by atoms with van der Waals surface area (Å²) in [4.78, 5) is 2.44. The molecule has 2 nitrogen and oxygen atoms in total. The minimum atomic E-state index is 0.748. The van der Waals surface area contributed by atoms with Crippen molar-refractivity contribution in [2.24, 2.45) is 0 Å². The largest absolute Gasteiger partial charge is 0.314 e. The quantitative estimate of drug-likeness (QED) is 0.859. The number of rotatable bonds is 5. The highest BCUT2D eigenvalue weighted by Crippen LogP contribution is 2.13. The third-order valence-electron chi connectivity index (χ3n) is 3.97. The number of nitrogens with zero attached hydrogens (tertiary/aromatic N) is 1. The van der Waals surface area contributed by atoms with Crippen molar-refractivity contribution in [1.82, 2.24) is 10.2 Å². The summed E-state index contributed by atoms with van der Waals surface area (Å²) < 4.78 is 0. The molecule has 2 rings (SSSR count). The highest BCUT2D eigenvalue weighted by Gasteiger charge is 2.13. The van der Waals surface area contributed by atoms with E-state index in [0.717, 1.165) is 12.6 Å². The van der Waals surface area contributed by atoms with Crippen molar-refractivity contribution in [3.63, 3.8) is 0 Å². The molecule has 0 radical (unpaired) electrons. The SMILES string of the molecule is Cc1ccccc1CN(C)CCC1CCCCN1. The average Bonchev–Trinajstić information content (AvgIpc) is 2.40. The molecule has 1 aliphatic rings. The zero-order valence-corrected chi connectivity index (χ0v) is 11.8. The first-order valence-electron chi connectivity index (χ1n) is 7.22. The summed E-state index contributed by atoms with van der Waals surface area (Å²) in [7, 11) is 2.23. The van der Waals surface area contributed by atoms with Gasteiger partial charge in [0.25, 0.3) is 0 Å². The van der Waals surface area contributed by atoms with E-state index in [1.165, 1.54) is 49.9 Å². The molecular formula is C16H26N2. The van der Waals surface area contributed by atoms with Crippen LogP contribution in [0.4, 0.5) is 0 Å². The fourth-order valence-corrected chi connectivity index (χ4v) is 2.70. The van der Waals surface area contributed by atoms with Crippen LogP contribution in [0.15, 0.2) is 24.3 Å². The van der Waals surface area contributed by atoms with Crippen LogP contribution in [0.1, 0.15) is 36.8 Å². The van der Waals surface area contributed by atoms with Crippen molar-refractivity contribution in [2.75, 3.05) is 20.1 Å². The maximum atomic E-state index is 3.62. The topological polar surface area (TPSA) is 15.3 Å². The van der Waals surface area contributed by atoms with E-state index in [-0.39, 0.29) is 0 Å². The van der Waals surface area contributed by atoms with Gasteiger partial charge in [-0.05, 0) is 57.5 Å². The maximum absolute atomic E-state index is 3.62. The second-order valence-corrected chi connectivity index (χ2v) is 5.60. The lowest BCUT2D eigenvalue weighted by Gasteiger charge is -2.26. The van der Waals surface area contributed by atoms with Crippen LogP contribution >= 0.6 is 0 Å². The fourth-order valence-electron chi connectivity index (χ4n) is 2.70. The Morgan fingerprint density at radius 1 is 1.28 bits per heavy atom. The fraction of sp³-hybridized carbons (Fsp3) is 0.625. The van der Waals surface area contributed by atoms with Crippen molar-refractivity contribution < 1.29 is 0 Å². The number of hydrogen-bond donors (Lipinski definition) is 1. The van der Waals surface area contributed by atoms with E-state index in [0.29, 0.717) is 0 Å². The molecule has 1 fully saturated rings. The van der Waals surface area contributed by atoms with Crippen LogP contribution < -0.4 is 5.32 Å². The molecule has 1 saturated heterocycles. The minimum absolute atomic E-state index is 0.748. The van der Waals surface area contributed by atoms with Gasteiger partial charge in [0.1, 0.15) is 0 Å². The lowest BCUT2D eigenvalue weighted by molar-refractivity contribution is 0.281. The van der Waals surface area contributed by atoms with Gasteiger partial charge in [0.05, 0.1) is 0 Å². The first-order chi connectivity index (χ1) is 8.75. The standard InChI is InChI=1S/C16H26N2/c1-14-7-3-4-8-15(14)13-18(2)12-10-16-9-5-6-11-17-16/h3-4,7-8,16-17H,5-6,9-13H2,1-2H3. The molecule has 18 heavy (non-hydrogen) atoms. The van der Waals surface area contributed by atoms with Gasteiger partial charge in [-0.25, -0.2) is 0 Å². The van der Waals surface area contributed by atoms with E-state index >= 15 is 0 Å². The Morgan fingerprint density at radius 3 is 2.83 bits per heavy atom. The van der Waals surface area contributed by atoms with Gasteiger partial charge in [0, 0.05) is 12.6 Å². The number of hydrogen-bond acceptors (Lipinski definition) is 2. The van der Waals surface area contributed by atoms with Gasteiger partial charge in [-0.15, -0.1) is 0 Å². The Kier molecular flexibility index (Phi) is 5.21. The molecule has 100 valence electrons. The molecule has 1 heterocycles. The summed E-state index contributed by atoms with van der Waals surface area (Å²) in [5.41, 5.74) is 2.86. The monoisotopic (exact) mass is 246 g/mol. The molecule has 1 atom stereocenters. The zero-order chi connectivity index (χ0) is 12.8. The normalized spacial score (nSPS) is 20.3. The van der Waals surface area contributed by atoms with Crippen LogP contribution in [0, 0.1) is 6.92 Å². The average molecular weight is 246 g/mol. The summed E-state index contributed by atoms with van der Waals surface area (Å²) in [6.07, 6.45) is 5.40. The van der Waals surface area contributed by atoms with Crippen LogP contribution in [-0.2, 0) is 6.54 Å². The molecule has 1 unspecified atom stereocenters. The molecule has 0 saturated carbocycles. The summed E-state index contributed by atoms with van der Waals surface area (Å²) in [5, 5.41) is 3.62. The molecule has 2 heteroatoms. The lowest BCUT2D eigenvalue weighted by atomic mass is 10.0. The van der Waals surface area contributed by atoms with Crippen LogP contribution in [0.3, 0.4) is 0 Å². The van der Waals surface area contributed by atoms with E-state index in [1.54, 1.807) is 0 Å². The van der Waals surface area contributed by atoms with E-state index < -0.39 is 0 Å². The molecule has 0 spiro atoms. The van der Waals surface area contributed by atoms with Gasteiger partial charge < -0.3 is 10.2 Å². The summed E-state index contributed by atoms with van der Waals surface area (Å²) in [5.74, 6) is 0. The number of piperidine rings is 1. The first-order valence-corrected chi connectivity index (χ1v) is 7.22. The smallest absolute Gasteiger partial charge is 0.0233 e. The van der Waals surface area contributed by atoms with Gasteiger partial charge >= 0.3 is 0 Å². The number of aryl methyl sites for hydroxylation is 1. The van der Waals surface area contributed by atoms with Crippen LogP contribution in [0.25, 0.3) is 0 Å². The lowest BCUT2D eigenvalue weighted by Crippen LogP contribution is -2.36. The Bertz CT molecular complexity index is 356. The Labute approximate surface area is 111 Å². The van der Waals surface area contributed by atoms with Crippen molar-refractivity contribution in [2.45, 2.75) is 45.2 Å². The Balaban J connectivity index is 1.74.